The van der Waals surface area contributed by atoms with Crippen LogP contribution in [0.1, 0.15) is 10.4 Å². The highest BCUT2D eigenvalue weighted by Crippen LogP contribution is 2.09. The van der Waals surface area contributed by atoms with E-state index in [1.54, 1.807) is 10.8 Å². The van der Waals surface area contributed by atoms with Crippen molar-refractivity contribution in [2.45, 2.75) is 0 Å². The molecule has 2 rings (SSSR count). The molecule has 0 atom stereocenters. The summed E-state index contributed by atoms with van der Waals surface area (Å²) in [5, 5.41) is 8.70. The number of hydrogen-bond acceptors (Lipinski definition) is 2. The van der Waals surface area contributed by atoms with Crippen molar-refractivity contribution in [1.82, 2.24) is 9.55 Å². The fourth-order valence-electron chi connectivity index (χ4n) is 1.20. The number of carboxylic acid groups (broad SMARTS) is 1. The summed E-state index contributed by atoms with van der Waals surface area (Å²) < 4.78 is 14.1. The molecule has 76 valence electrons. The molecule has 0 fully saturated rings. The van der Waals surface area contributed by atoms with Crippen LogP contribution in [0.3, 0.4) is 0 Å². The molecule has 0 unspecified atom stereocenters. The van der Waals surface area contributed by atoms with Crippen LogP contribution in [0.5, 0.6) is 0 Å². The van der Waals surface area contributed by atoms with Crippen LogP contribution >= 0.6 is 0 Å². The van der Waals surface area contributed by atoms with Gasteiger partial charge < -0.3 is 9.67 Å². The molecule has 0 radical (unpaired) electrons. The van der Waals surface area contributed by atoms with Crippen molar-refractivity contribution in [2.75, 3.05) is 0 Å². The molecule has 15 heavy (non-hydrogen) atoms. The standard InChI is InChI=1S/C10H7FN2O2/c11-9-2-1-8(5-12-9)13-4-3-7(6-13)10(14)15/h1-6H,(H,14,15). The van der Waals surface area contributed by atoms with Gasteiger partial charge in [0, 0.05) is 12.4 Å². The van der Waals surface area contributed by atoms with Crippen molar-refractivity contribution in [3.05, 3.63) is 48.3 Å². The number of pyridine rings is 1. The quantitative estimate of drug-likeness (QED) is 0.761. The maximum Gasteiger partial charge on any atom is 0.337 e. The van der Waals surface area contributed by atoms with Crippen molar-refractivity contribution >= 4 is 5.97 Å². The summed E-state index contributed by atoms with van der Waals surface area (Å²) in [6, 6.07) is 4.20. The van der Waals surface area contributed by atoms with Crippen LogP contribution < -0.4 is 0 Å². The van der Waals surface area contributed by atoms with E-state index in [2.05, 4.69) is 4.98 Å². The highest BCUT2D eigenvalue weighted by atomic mass is 19.1. The predicted octanol–water partition coefficient (Wildman–Crippen LogP) is 1.71. The predicted molar refractivity (Wildman–Crippen MR) is 50.5 cm³/mol. The minimum absolute atomic E-state index is 0.180. The first kappa shape index (κ1) is 9.39. The topological polar surface area (TPSA) is 55.1 Å². The number of rotatable bonds is 2. The summed E-state index contributed by atoms with van der Waals surface area (Å²) in [7, 11) is 0. The lowest BCUT2D eigenvalue weighted by Crippen LogP contribution is -1.95. The van der Waals surface area contributed by atoms with E-state index in [1.807, 2.05) is 0 Å². The lowest BCUT2D eigenvalue weighted by Gasteiger charge is -2.00. The van der Waals surface area contributed by atoms with Gasteiger partial charge in [-0.15, -0.1) is 0 Å². The Balaban J connectivity index is 2.37. The Hall–Kier alpha value is -2.17. The smallest absolute Gasteiger partial charge is 0.337 e. The van der Waals surface area contributed by atoms with E-state index in [9.17, 15) is 9.18 Å². The molecule has 0 amide bonds. The van der Waals surface area contributed by atoms with Gasteiger partial charge in [-0.3, -0.25) is 0 Å². The van der Waals surface area contributed by atoms with Gasteiger partial charge in [-0.05, 0) is 18.2 Å². The Morgan fingerprint density at radius 1 is 1.40 bits per heavy atom. The number of aromatic carboxylic acids is 1. The summed E-state index contributed by atoms with van der Waals surface area (Å²) in [5.74, 6) is -1.56. The van der Waals surface area contributed by atoms with Crippen LogP contribution in [0.2, 0.25) is 0 Å². The number of carbonyl (C=O) groups is 1. The first-order valence-electron chi connectivity index (χ1n) is 4.20. The first-order chi connectivity index (χ1) is 7.16. The van der Waals surface area contributed by atoms with Gasteiger partial charge in [0.2, 0.25) is 5.95 Å². The normalized spacial score (nSPS) is 10.2. The molecule has 2 heterocycles. The monoisotopic (exact) mass is 206 g/mol. The second-order valence-corrected chi connectivity index (χ2v) is 2.95. The Bertz CT molecular complexity index is 490. The van der Waals surface area contributed by atoms with Crippen molar-refractivity contribution < 1.29 is 14.3 Å². The number of aromatic nitrogens is 2. The highest BCUT2D eigenvalue weighted by molar-refractivity contribution is 5.87. The molecule has 0 aromatic carbocycles. The Morgan fingerprint density at radius 2 is 2.20 bits per heavy atom. The zero-order chi connectivity index (χ0) is 10.8. The van der Waals surface area contributed by atoms with Gasteiger partial charge >= 0.3 is 5.97 Å². The van der Waals surface area contributed by atoms with Gasteiger partial charge in [0.25, 0.3) is 0 Å². The van der Waals surface area contributed by atoms with Crippen molar-refractivity contribution in [3.63, 3.8) is 0 Å². The average molecular weight is 206 g/mol. The van der Waals surface area contributed by atoms with Crippen molar-refractivity contribution in [2.24, 2.45) is 0 Å². The highest BCUT2D eigenvalue weighted by Gasteiger charge is 2.05. The van der Waals surface area contributed by atoms with E-state index in [1.165, 1.54) is 30.6 Å². The molecule has 2 aromatic rings. The molecule has 0 aliphatic rings. The van der Waals surface area contributed by atoms with Crippen LogP contribution in [-0.2, 0) is 0 Å². The SMILES string of the molecule is O=C(O)c1ccn(-c2ccc(F)nc2)c1. The Morgan fingerprint density at radius 3 is 2.73 bits per heavy atom. The molecule has 0 bridgehead atoms. The van der Waals surface area contributed by atoms with Crippen LogP contribution in [0.15, 0.2) is 36.8 Å². The second kappa shape index (κ2) is 3.53. The van der Waals surface area contributed by atoms with E-state index < -0.39 is 11.9 Å². The van der Waals surface area contributed by atoms with Crippen LogP contribution in [0.4, 0.5) is 4.39 Å². The third kappa shape index (κ3) is 1.85. The third-order valence-electron chi connectivity index (χ3n) is 1.95. The van der Waals surface area contributed by atoms with Crippen molar-refractivity contribution in [3.8, 4) is 5.69 Å². The maximum absolute atomic E-state index is 12.5. The molecular formula is C10H7FN2O2. The number of hydrogen-bond donors (Lipinski definition) is 1. The van der Waals surface area contributed by atoms with Gasteiger partial charge in [-0.2, -0.15) is 4.39 Å². The lowest BCUT2D eigenvalue weighted by molar-refractivity contribution is 0.0697. The number of halogens is 1. The fourth-order valence-corrected chi connectivity index (χ4v) is 1.20. The van der Waals surface area contributed by atoms with Gasteiger partial charge in [-0.25, -0.2) is 9.78 Å². The Labute approximate surface area is 84.6 Å². The Kier molecular flexibility index (Phi) is 2.21. The summed E-state index contributed by atoms with van der Waals surface area (Å²) in [4.78, 5) is 14.1. The van der Waals surface area contributed by atoms with Gasteiger partial charge in [0.15, 0.2) is 0 Å². The van der Waals surface area contributed by atoms with Crippen molar-refractivity contribution in [1.29, 1.82) is 0 Å². The largest absolute Gasteiger partial charge is 0.478 e. The summed E-state index contributed by atoms with van der Waals surface area (Å²) in [5.41, 5.74) is 0.795. The van der Waals surface area contributed by atoms with E-state index in [4.69, 9.17) is 5.11 Å². The zero-order valence-electron chi connectivity index (χ0n) is 7.59. The third-order valence-corrected chi connectivity index (χ3v) is 1.95. The molecular weight excluding hydrogens is 199 g/mol. The van der Waals surface area contributed by atoms with E-state index in [0.717, 1.165) is 0 Å². The van der Waals surface area contributed by atoms with E-state index in [0.29, 0.717) is 5.69 Å². The summed E-state index contributed by atoms with van der Waals surface area (Å²) >= 11 is 0. The lowest BCUT2D eigenvalue weighted by atomic mass is 10.3. The second-order valence-electron chi connectivity index (χ2n) is 2.95. The maximum atomic E-state index is 12.5. The van der Waals surface area contributed by atoms with Crippen LogP contribution in [0, 0.1) is 5.95 Å². The van der Waals surface area contributed by atoms with Gasteiger partial charge in [0.05, 0.1) is 17.4 Å². The van der Waals surface area contributed by atoms with Gasteiger partial charge in [0.1, 0.15) is 0 Å². The molecule has 0 aliphatic heterocycles. The molecule has 0 saturated heterocycles. The minimum Gasteiger partial charge on any atom is -0.478 e. The van der Waals surface area contributed by atoms with Crippen LogP contribution in [0.25, 0.3) is 5.69 Å². The first-order valence-corrected chi connectivity index (χ1v) is 4.20. The molecule has 5 heteroatoms. The number of nitrogens with zero attached hydrogens (tertiary/aromatic N) is 2. The van der Waals surface area contributed by atoms with Gasteiger partial charge in [-0.1, -0.05) is 0 Å². The summed E-state index contributed by atoms with van der Waals surface area (Å²) in [6.07, 6.45) is 4.36. The minimum atomic E-state index is -0.996. The molecule has 0 spiro atoms. The van der Waals surface area contributed by atoms with Crippen LogP contribution in [-0.4, -0.2) is 20.6 Å². The zero-order valence-corrected chi connectivity index (χ0v) is 7.59. The average Bonchev–Trinajstić information content (AvgIpc) is 2.68. The molecule has 0 saturated carbocycles. The van der Waals surface area contributed by atoms with E-state index >= 15 is 0 Å². The van der Waals surface area contributed by atoms with E-state index in [-0.39, 0.29) is 5.56 Å². The summed E-state index contributed by atoms with van der Waals surface area (Å²) in [6.45, 7) is 0. The molecule has 1 N–H and O–H groups in total. The molecule has 0 aliphatic carbocycles. The molecule has 2 aromatic heterocycles. The number of carboxylic acids is 1. The fraction of sp³-hybridized carbons (Fsp3) is 0. The molecule has 4 nitrogen and oxygen atoms in total.